The number of nitrogens with zero attached hydrogens (tertiary/aromatic N) is 2. The molecule has 10 heteroatoms. The summed E-state index contributed by atoms with van der Waals surface area (Å²) in [4.78, 5) is -0.0676. The van der Waals surface area contributed by atoms with Gasteiger partial charge in [-0.3, -0.25) is 4.72 Å². The summed E-state index contributed by atoms with van der Waals surface area (Å²) >= 11 is 0. The highest BCUT2D eigenvalue weighted by molar-refractivity contribution is 7.92. The topological polar surface area (TPSA) is 95.9 Å². The van der Waals surface area contributed by atoms with Gasteiger partial charge >= 0.3 is 0 Å². The maximum Gasteiger partial charge on any atom is 0.279 e. The molecule has 4 rings (SSSR count). The SMILES string of the molecule is CCS(=O)(=O)Nc1cccc(C2=NN(S(=O)(=O)c3ccc(F)cc3)[C@H](c3ccccc3C)C2)c1. The molecule has 0 saturated heterocycles. The Morgan fingerprint density at radius 1 is 1.00 bits per heavy atom. The van der Waals surface area contributed by atoms with Crippen LogP contribution in [0.5, 0.6) is 0 Å². The molecule has 1 aliphatic heterocycles. The average Bonchev–Trinajstić information content (AvgIpc) is 3.26. The van der Waals surface area contributed by atoms with Gasteiger partial charge in [-0.2, -0.15) is 17.9 Å². The number of benzene rings is 3. The quantitative estimate of drug-likeness (QED) is 0.518. The van der Waals surface area contributed by atoms with E-state index in [0.29, 0.717) is 17.0 Å². The lowest BCUT2D eigenvalue weighted by Gasteiger charge is -2.24. The maximum atomic E-state index is 13.5. The number of hydrogen-bond acceptors (Lipinski definition) is 5. The predicted molar refractivity (Wildman–Crippen MR) is 130 cm³/mol. The number of halogens is 1. The molecule has 34 heavy (non-hydrogen) atoms. The molecule has 0 radical (unpaired) electrons. The molecule has 0 spiro atoms. The van der Waals surface area contributed by atoms with E-state index in [9.17, 15) is 21.2 Å². The number of nitrogens with one attached hydrogen (secondary N) is 1. The standard InChI is InChI=1S/C24H24FN3O4S2/c1-3-33(29,30)27-20-9-6-8-18(15-20)23-16-24(22-10-5-4-7-17(22)2)28(26-23)34(31,32)21-13-11-19(25)12-14-21/h4-15,24,27H,3,16H2,1-2H3/t24-/m0/s1. The number of hydrogen-bond donors (Lipinski definition) is 1. The van der Waals surface area contributed by atoms with Gasteiger partial charge in [-0.1, -0.05) is 36.4 Å². The van der Waals surface area contributed by atoms with Crippen LogP contribution in [0.1, 0.15) is 36.1 Å². The molecule has 1 heterocycles. The van der Waals surface area contributed by atoms with E-state index >= 15 is 0 Å². The fourth-order valence-corrected chi connectivity index (χ4v) is 5.86. The summed E-state index contributed by atoms with van der Waals surface area (Å²) in [6.07, 6.45) is 0.287. The fraction of sp³-hybridized carbons (Fsp3) is 0.208. The van der Waals surface area contributed by atoms with Gasteiger partial charge in [-0.25, -0.2) is 12.8 Å². The van der Waals surface area contributed by atoms with Crippen molar-refractivity contribution < 1.29 is 21.2 Å². The third-order valence-electron chi connectivity index (χ3n) is 5.63. The van der Waals surface area contributed by atoms with E-state index in [1.807, 2.05) is 31.2 Å². The Kier molecular flexibility index (Phi) is 6.46. The van der Waals surface area contributed by atoms with E-state index < -0.39 is 31.9 Å². The molecule has 0 unspecified atom stereocenters. The van der Waals surface area contributed by atoms with E-state index in [1.54, 1.807) is 24.3 Å². The van der Waals surface area contributed by atoms with Gasteiger partial charge in [-0.05, 0) is 66.9 Å². The zero-order chi connectivity index (χ0) is 24.5. The third-order valence-corrected chi connectivity index (χ3v) is 8.63. The number of hydrazone groups is 1. The maximum absolute atomic E-state index is 13.5. The van der Waals surface area contributed by atoms with E-state index in [1.165, 1.54) is 19.1 Å². The summed E-state index contributed by atoms with van der Waals surface area (Å²) < 4.78 is 68.0. The van der Waals surface area contributed by atoms with Gasteiger partial charge in [-0.15, -0.1) is 0 Å². The van der Waals surface area contributed by atoms with Gasteiger partial charge in [0.15, 0.2) is 0 Å². The summed E-state index contributed by atoms with van der Waals surface area (Å²) in [5, 5.41) is 4.48. The summed E-state index contributed by atoms with van der Waals surface area (Å²) in [6.45, 7) is 3.44. The first-order valence-corrected chi connectivity index (χ1v) is 13.7. The molecule has 0 aromatic heterocycles. The van der Waals surface area contributed by atoms with Crippen molar-refractivity contribution in [1.82, 2.24) is 4.41 Å². The average molecular weight is 502 g/mol. The first-order valence-electron chi connectivity index (χ1n) is 10.6. The molecule has 0 aliphatic carbocycles. The van der Waals surface area contributed by atoms with E-state index in [0.717, 1.165) is 27.7 Å². The van der Waals surface area contributed by atoms with E-state index in [2.05, 4.69) is 9.82 Å². The Labute approximate surface area is 199 Å². The second-order valence-corrected chi connectivity index (χ2v) is 11.7. The van der Waals surface area contributed by atoms with Gasteiger partial charge in [0.1, 0.15) is 5.82 Å². The molecule has 0 saturated carbocycles. The largest absolute Gasteiger partial charge is 0.284 e. The fourth-order valence-electron chi connectivity index (χ4n) is 3.81. The lowest BCUT2D eigenvalue weighted by atomic mass is 9.96. The Morgan fingerprint density at radius 3 is 2.38 bits per heavy atom. The highest BCUT2D eigenvalue weighted by atomic mass is 32.2. The molecule has 0 bridgehead atoms. The Hall–Kier alpha value is -3.24. The molecule has 178 valence electrons. The summed E-state index contributed by atoms with van der Waals surface area (Å²) in [7, 11) is -7.56. The minimum absolute atomic E-state index is 0.0676. The van der Waals surface area contributed by atoms with Crippen molar-refractivity contribution in [3.63, 3.8) is 0 Å². The van der Waals surface area contributed by atoms with Gasteiger partial charge in [0.2, 0.25) is 10.0 Å². The minimum atomic E-state index is -4.09. The van der Waals surface area contributed by atoms with Crippen LogP contribution in [0.4, 0.5) is 10.1 Å². The van der Waals surface area contributed by atoms with Crippen LogP contribution in [0.25, 0.3) is 0 Å². The van der Waals surface area contributed by atoms with Crippen LogP contribution in [0.2, 0.25) is 0 Å². The second kappa shape index (κ2) is 9.19. The van der Waals surface area contributed by atoms with Gasteiger partial charge < -0.3 is 0 Å². The van der Waals surface area contributed by atoms with Crippen LogP contribution < -0.4 is 4.72 Å². The lowest BCUT2D eigenvalue weighted by Crippen LogP contribution is -2.27. The lowest BCUT2D eigenvalue weighted by molar-refractivity contribution is 0.370. The normalized spacial score (nSPS) is 16.4. The highest BCUT2D eigenvalue weighted by Gasteiger charge is 2.38. The van der Waals surface area contributed by atoms with Crippen LogP contribution >= 0.6 is 0 Å². The smallest absolute Gasteiger partial charge is 0.279 e. The second-order valence-electron chi connectivity index (χ2n) is 7.94. The van der Waals surface area contributed by atoms with Crippen molar-refractivity contribution in [2.75, 3.05) is 10.5 Å². The molecular formula is C24H24FN3O4S2. The molecule has 1 aliphatic rings. The first kappa shape index (κ1) is 23.9. The highest BCUT2D eigenvalue weighted by Crippen LogP contribution is 2.38. The number of anilines is 1. The first-order chi connectivity index (χ1) is 16.1. The summed E-state index contributed by atoms with van der Waals surface area (Å²) in [6, 6.07) is 18.2. The molecule has 1 N–H and O–H groups in total. The third kappa shape index (κ3) is 4.83. The Morgan fingerprint density at radius 2 is 1.71 bits per heavy atom. The molecule has 3 aromatic carbocycles. The molecule has 3 aromatic rings. The van der Waals surface area contributed by atoms with Crippen LogP contribution in [-0.2, 0) is 20.0 Å². The van der Waals surface area contributed by atoms with E-state index in [4.69, 9.17) is 0 Å². The van der Waals surface area contributed by atoms with Crippen LogP contribution in [-0.4, -0.2) is 32.7 Å². The Balaban J connectivity index is 1.78. The molecular weight excluding hydrogens is 477 g/mol. The number of sulfonamides is 2. The zero-order valence-electron chi connectivity index (χ0n) is 18.6. The molecule has 7 nitrogen and oxygen atoms in total. The summed E-state index contributed by atoms with van der Waals surface area (Å²) in [5.41, 5.74) is 3.18. The van der Waals surface area contributed by atoms with E-state index in [-0.39, 0.29) is 17.1 Å². The van der Waals surface area contributed by atoms with Gasteiger partial charge in [0.25, 0.3) is 10.0 Å². The van der Waals surface area contributed by atoms with Crippen LogP contribution in [0.15, 0.2) is 82.8 Å². The minimum Gasteiger partial charge on any atom is -0.284 e. The number of aryl methyl sites for hydroxylation is 1. The number of rotatable bonds is 7. The molecule has 1 atom stereocenters. The zero-order valence-corrected chi connectivity index (χ0v) is 20.3. The van der Waals surface area contributed by atoms with Gasteiger partial charge in [0.05, 0.1) is 22.4 Å². The van der Waals surface area contributed by atoms with Crippen molar-refractivity contribution >= 4 is 31.4 Å². The Bertz CT molecular complexity index is 1450. The van der Waals surface area contributed by atoms with Crippen molar-refractivity contribution in [2.45, 2.75) is 31.2 Å². The van der Waals surface area contributed by atoms with Crippen LogP contribution in [0.3, 0.4) is 0 Å². The van der Waals surface area contributed by atoms with Crippen molar-refractivity contribution in [2.24, 2.45) is 5.10 Å². The molecule has 0 fully saturated rings. The summed E-state index contributed by atoms with van der Waals surface area (Å²) in [5.74, 6) is -0.608. The van der Waals surface area contributed by atoms with Crippen molar-refractivity contribution in [1.29, 1.82) is 0 Å². The monoisotopic (exact) mass is 501 g/mol. The predicted octanol–water partition coefficient (Wildman–Crippen LogP) is 4.44. The molecule has 0 amide bonds. The van der Waals surface area contributed by atoms with Crippen molar-refractivity contribution in [3.05, 3.63) is 95.3 Å². The van der Waals surface area contributed by atoms with Crippen LogP contribution in [0, 0.1) is 12.7 Å². The van der Waals surface area contributed by atoms with Gasteiger partial charge in [0, 0.05) is 12.1 Å². The van der Waals surface area contributed by atoms with Crippen molar-refractivity contribution in [3.8, 4) is 0 Å².